The van der Waals surface area contributed by atoms with Crippen molar-refractivity contribution in [2.75, 3.05) is 10.8 Å². The van der Waals surface area contributed by atoms with Gasteiger partial charge in [-0.25, -0.2) is 8.42 Å². The summed E-state index contributed by atoms with van der Waals surface area (Å²) >= 11 is 25.3. The summed E-state index contributed by atoms with van der Waals surface area (Å²) in [6, 6.07) is 15.7. The highest BCUT2D eigenvalue weighted by molar-refractivity contribution is 7.92. The molecule has 0 heterocycles. The molecule has 3 aromatic carbocycles. The molecule has 0 aliphatic carbocycles. The van der Waals surface area contributed by atoms with Crippen molar-refractivity contribution in [3.05, 3.63) is 92.4 Å². The summed E-state index contributed by atoms with van der Waals surface area (Å²) in [4.78, 5) is 28.6. The standard InChI is InChI=1S/C28H29Cl4N3O4S/c1-4-26(28(37)33-18(2)3)34(16-23-24(31)11-8-12-25(23)32)27(36)17-35(21-14-19(29)13-20(30)15-21)40(38,39)22-9-6-5-7-10-22/h5-15,18,26H,4,16-17H2,1-3H3,(H,33,37). The Bertz CT molecular complexity index is 1430. The molecule has 3 aromatic rings. The van der Waals surface area contributed by atoms with Crippen LogP contribution in [0.15, 0.2) is 71.6 Å². The van der Waals surface area contributed by atoms with Crippen LogP contribution in [0.5, 0.6) is 0 Å². The molecule has 40 heavy (non-hydrogen) atoms. The Morgan fingerprint density at radius 3 is 1.98 bits per heavy atom. The zero-order chi connectivity index (χ0) is 29.6. The van der Waals surface area contributed by atoms with Crippen molar-refractivity contribution in [3.8, 4) is 0 Å². The van der Waals surface area contributed by atoms with Crippen LogP contribution in [-0.2, 0) is 26.2 Å². The summed E-state index contributed by atoms with van der Waals surface area (Å²) in [6.07, 6.45) is 0.251. The molecule has 0 bridgehead atoms. The third-order valence-corrected chi connectivity index (χ3v) is 8.89. The van der Waals surface area contributed by atoms with E-state index in [1.807, 2.05) is 0 Å². The van der Waals surface area contributed by atoms with Crippen molar-refractivity contribution in [1.29, 1.82) is 0 Å². The van der Waals surface area contributed by atoms with Crippen molar-refractivity contribution < 1.29 is 18.0 Å². The van der Waals surface area contributed by atoms with Crippen LogP contribution in [0.1, 0.15) is 32.8 Å². The molecule has 0 saturated heterocycles. The zero-order valence-electron chi connectivity index (χ0n) is 22.1. The summed E-state index contributed by atoms with van der Waals surface area (Å²) in [7, 11) is -4.26. The van der Waals surface area contributed by atoms with Gasteiger partial charge in [0.2, 0.25) is 11.8 Å². The zero-order valence-corrected chi connectivity index (χ0v) is 25.9. The van der Waals surface area contributed by atoms with Crippen LogP contribution in [0.2, 0.25) is 20.1 Å². The largest absolute Gasteiger partial charge is 0.352 e. The van der Waals surface area contributed by atoms with Crippen LogP contribution in [0.3, 0.4) is 0 Å². The van der Waals surface area contributed by atoms with E-state index in [1.165, 1.54) is 35.2 Å². The van der Waals surface area contributed by atoms with Crippen molar-refractivity contribution in [2.24, 2.45) is 0 Å². The third-order valence-electron chi connectivity index (χ3n) is 5.95. The number of rotatable bonds is 11. The maximum absolute atomic E-state index is 14.1. The van der Waals surface area contributed by atoms with Crippen LogP contribution in [0, 0.1) is 0 Å². The average Bonchev–Trinajstić information content (AvgIpc) is 2.88. The Labute approximate surface area is 255 Å². The van der Waals surface area contributed by atoms with E-state index in [0.717, 1.165) is 4.31 Å². The van der Waals surface area contributed by atoms with Gasteiger partial charge >= 0.3 is 0 Å². The fraction of sp³-hybridized carbons (Fsp3) is 0.286. The molecule has 12 heteroatoms. The van der Waals surface area contributed by atoms with E-state index in [9.17, 15) is 18.0 Å². The van der Waals surface area contributed by atoms with E-state index < -0.39 is 34.4 Å². The average molecular weight is 645 g/mol. The van der Waals surface area contributed by atoms with Crippen molar-refractivity contribution >= 4 is 73.9 Å². The molecular formula is C28H29Cl4N3O4S. The highest BCUT2D eigenvalue weighted by Crippen LogP contribution is 2.31. The van der Waals surface area contributed by atoms with Crippen molar-refractivity contribution in [1.82, 2.24) is 10.2 Å². The van der Waals surface area contributed by atoms with Gasteiger partial charge in [0.1, 0.15) is 12.6 Å². The Morgan fingerprint density at radius 2 is 1.45 bits per heavy atom. The molecule has 3 rings (SSSR count). The number of halogens is 4. The first-order valence-electron chi connectivity index (χ1n) is 12.4. The second-order valence-corrected chi connectivity index (χ2v) is 12.8. The normalized spacial score (nSPS) is 12.2. The number of amides is 2. The van der Waals surface area contributed by atoms with Crippen LogP contribution in [0.25, 0.3) is 0 Å². The lowest BCUT2D eigenvalue weighted by atomic mass is 10.1. The minimum atomic E-state index is -4.26. The number of carbonyl (C=O) groups is 2. The first-order chi connectivity index (χ1) is 18.8. The summed E-state index contributed by atoms with van der Waals surface area (Å²) < 4.78 is 28.6. The van der Waals surface area contributed by atoms with Gasteiger partial charge in [0.05, 0.1) is 10.6 Å². The number of nitrogens with one attached hydrogen (secondary N) is 1. The lowest BCUT2D eigenvalue weighted by Crippen LogP contribution is -2.53. The molecule has 0 radical (unpaired) electrons. The van der Waals surface area contributed by atoms with Gasteiger partial charge in [-0.1, -0.05) is 77.6 Å². The molecule has 7 nitrogen and oxygen atoms in total. The summed E-state index contributed by atoms with van der Waals surface area (Å²) in [5.41, 5.74) is 0.517. The molecule has 0 saturated carbocycles. The van der Waals surface area contributed by atoms with Gasteiger partial charge in [-0.15, -0.1) is 0 Å². The van der Waals surface area contributed by atoms with Crippen LogP contribution < -0.4 is 9.62 Å². The van der Waals surface area contributed by atoms with E-state index in [0.29, 0.717) is 15.6 Å². The molecule has 1 atom stereocenters. The van der Waals surface area contributed by atoms with Crippen LogP contribution in [0.4, 0.5) is 5.69 Å². The molecule has 2 amide bonds. The quantitative estimate of drug-likeness (QED) is 0.248. The van der Waals surface area contributed by atoms with E-state index in [2.05, 4.69) is 5.32 Å². The molecule has 0 fully saturated rings. The van der Waals surface area contributed by atoms with Gasteiger partial charge < -0.3 is 10.2 Å². The summed E-state index contributed by atoms with van der Waals surface area (Å²) in [5, 5.41) is 3.82. The lowest BCUT2D eigenvalue weighted by Gasteiger charge is -2.34. The van der Waals surface area contributed by atoms with Crippen LogP contribution >= 0.6 is 46.4 Å². The maximum atomic E-state index is 14.1. The first-order valence-corrected chi connectivity index (χ1v) is 15.4. The minimum absolute atomic E-state index is 0.0378. The van der Waals surface area contributed by atoms with Gasteiger partial charge in [-0.2, -0.15) is 0 Å². The Balaban J connectivity index is 2.13. The smallest absolute Gasteiger partial charge is 0.264 e. The Hall–Kier alpha value is -2.49. The molecule has 0 aliphatic heterocycles. The molecule has 0 aliphatic rings. The van der Waals surface area contributed by atoms with E-state index in [1.54, 1.807) is 57.2 Å². The Morgan fingerprint density at radius 1 is 0.875 bits per heavy atom. The molecular weight excluding hydrogens is 616 g/mol. The maximum Gasteiger partial charge on any atom is 0.264 e. The fourth-order valence-electron chi connectivity index (χ4n) is 4.09. The number of anilines is 1. The van der Waals surface area contributed by atoms with E-state index in [4.69, 9.17) is 46.4 Å². The highest BCUT2D eigenvalue weighted by Gasteiger charge is 2.34. The van der Waals surface area contributed by atoms with Gasteiger partial charge in [0.15, 0.2) is 0 Å². The van der Waals surface area contributed by atoms with Gasteiger partial charge in [0.25, 0.3) is 10.0 Å². The van der Waals surface area contributed by atoms with Gasteiger partial charge in [-0.3, -0.25) is 13.9 Å². The number of hydrogen-bond donors (Lipinski definition) is 1. The van der Waals surface area contributed by atoms with E-state index in [-0.39, 0.29) is 39.6 Å². The first kappa shape index (κ1) is 32.0. The van der Waals surface area contributed by atoms with Gasteiger partial charge in [0, 0.05) is 38.2 Å². The number of benzene rings is 3. The second kappa shape index (κ2) is 13.9. The number of carbonyl (C=O) groups excluding carboxylic acids is 2. The molecule has 1 N–H and O–H groups in total. The topological polar surface area (TPSA) is 86.8 Å². The second-order valence-electron chi connectivity index (χ2n) is 9.26. The predicted molar refractivity (Wildman–Crippen MR) is 162 cm³/mol. The lowest BCUT2D eigenvalue weighted by molar-refractivity contribution is -0.140. The molecule has 214 valence electrons. The number of hydrogen-bond acceptors (Lipinski definition) is 4. The minimum Gasteiger partial charge on any atom is -0.352 e. The van der Waals surface area contributed by atoms with Crippen LogP contribution in [-0.4, -0.2) is 43.8 Å². The monoisotopic (exact) mass is 643 g/mol. The summed E-state index contributed by atoms with van der Waals surface area (Å²) in [5.74, 6) is -1.05. The van der Waals surface area contributed by atoms with Crippen molar-refractivity contribution in [3.63, 3.8) is 0 Å². The highest BCUT2D eigenvalue weighted by atomic mass is 35.5. The van der Waals surface area contributed by atoms with Gasteiger partial charge in [-0.05, 0) is 62.7 Å². The fourth-order valence-corrected chi connectivity index (χ4v) is 6.54. The number of sulfonamides is 1. The predicted octanol–water partition coefficient (Wildman–Crippen LogP) is 6.83. The third kappa shape index (κ3) is 7.83. The summed E-state index contributed by atoms with van der Waals surface area (Å²) in [6.45, 7) is 4.59. The number of nitrogens with zero attached hydrogens (tertiary/aromatic N) is 2. The Kier molecular flexibility index (Phi) is 11.1. The SMILES string of the molecule is CCC(C(=O)NC(C)C)N(Cc1c(Cl)cccc1Cl)C(=O)CN(c1cc(Cl)cc(Cl)c1)S(=O)(=O)c1ccccc1. The van der Waals surface area contributed by atoms with E-state index >= 15 is 0 Å². The molecule has 0 aromatic heterocycles. The van der Waals surface area contributed by atoms with Crippen molar-refractivity contribution in [2.45, 2.75) is 50.7 Å². The molecule has 0 spiro atoms. The molecule has 1 unspecified atom stereocenters.